The lowest BCUT2D eigenvalue weighted by Crippen LogP contribution is -2.47. The lowest BCUT2D eigenvalue weighted by atomic mass is 9.88. The van der Waals surface area contributed by atoms with Crippen molar-refractivity contribution in [3.8, 4) is 0 Å². The Morgan fingerprint density at radius 3 is 2.73 bits per heavy atom. The predicted octanol–water partition coefficient (Wildman–Crippen LogP) is 2.73. The molecule has 2 aromatic rings. The summed E-state index contributed by atoms with van der Waals surface area (Å²) in [6, 6.07) is 11.4. The lowest BCUT2D eigenvalue weighted by Gasteiger charge is -2.39. The molecule has 2 aliphatic rings. The van der Waals surface area contributed by atoms with Gasteiger partial charge in [0.25, 0.3) is 5.91 Å². The van der Waals surface area contributed by atoms with Gasteiger partial charge in [-0.15, -0.1) is 0 Å². The number of rotatable bonds is 5. The zero-order chi connectivity index (χ0) is 21.0. The van der Waals surface area contributed by atoms with Crippen LogP contribution in [0.1, 0.15) is 41.7 Å². The van der Waals surface area contributed by atoms with Gasteiger partial charge in [0, 0.05) is 25.8 Å². The van der Waals surface area contributed by atoms with Crippen molar-refractivity contribution in [1.82, 2.24) is 15.2 Å². The van der Waals surface area contributed by atoms with Gasteiger partial charge in [0.2, 0.25) is 5.91 Å². The first kappa shape index (κ1) is 20.5. The number of halogens is 1. The molecule has 0 radical (unpaired) electrons. The number of benzene rings is 1. The maximum Gasteiger partial charge on any atom is 0.269 e. The number of carbonyl (C=O) groups is 2. The fourth-order valence-corrected chi connectivity index (χ4v) is 4.30. The van der Waals surface area contributed by atoms with Crippen LogP contribution in [0.5, 0.6) is 0 Å². The van der Waals surface area contributed by atoms with E-state index in [2.05, 4.69) is 10.3 Å². The Labute approximate surface area is 175 Å². The highest BCUT2D eigenvalue weighted by molar-refractivity contribution is 5.92. The maximum atomic E-state index is 13.3. The molecule has 1 N–H and O–H groups in total. The normalized spacial score (nSPS) is 20.3. The quantitative estimate of drug-likeness (QED) is 0.821. The van der Waals surface area contributed by atoms with E-state index in [0.717, 1.165) is 25.7 Å². The molecule has 1 aromatic heterocycles. The Bertz CT molecular complexity index is 898. The molecule has 1 unspecified atom stereocenters. The van der Waals surface area contributed by atoms with Crippen molar-refractivity contribution in [2.45, 2.75) is 43.8 Å². The molecule has 1 spiro atoms. The third-order valence-electron chi connectivity index (χ3n) is 6.00. The molecule has 0 saturated carbocycles. The van der Waals surface area contributed by atoms with Crippen LogP contribution in [-0.2, 0) is 16.0 Å². The minimum absolute atomic E-state index is 0.0209. The summed E-state index contributed by atoms with van der Waals surface area (Å²) in [5.74, 6) is -0.496. The summed E-state index contributed by atoms with van der Waals surface area (Å²) >= 11 is 0. The van der Waals surface area contributed by atoms with E-state index < -0.39 is 0 Å². The third kappa shape index (κ3) is 4.84. The van der Waals surface area contributed by atoms with E-state index in [1.54, 1.807) is 36.5 Å². The van der Waals surface area contributed by atoms with Crippen LogP contribution in [0.4, 0.5) is 4.39 Å². The number of pyridine rings is 1. The topological polar surface area (TPSA) is 71.5 Å². The van der Waals surface area contributed by atoms with Crippen LogP contribution in [0.2, 0.25) is 0 Å². The van der Waals surface area contributed by atoms with E-state index in [1.807, 2.05) is 4.90 Å². The average Bonchev–Trinajstić information content (AvgIpc) is 3.15. The molecular formula is C23H26FN3O3. The van der Waals surface area contributed by atoms with E-state index in [9.17, 15) is 14.0 Å². The van der Waals surface area contributed by atoms with E-state index in [1.165, 1.54) is 12.1 Å². The Balaban J connectivity index is 1.23. The summed E-state index contributed by atoms with van der Waals surface area (Å²) < 4.78 is 19.7. The molecule has 2 saturated heterocycles. The van der Waals surface area contributed by atoms with Gasteiger partial charge in [-0.2, -0.15) is 0 Å². The van der Waals surface area contributed by atoms with Gasteiger partial charge < -0.3 is 15.0 Å². The van der Waals surface area contributed by atoms with Gasteiger partial charge in [-0.25, -0.2) is 4.39 Å². The largest absolute Gasteiger partial charge is 0.370 e. The highest BCUT2D eigenvalue weighted by Gasteiger charge is 2.43. The summed E-state index contributed by atoms with van der Waals surface area (Å²) in [4.78, 5) is 30.6. The van der Waals surface area contributed by atoms with Crippen LogP contribution in [0.25, 0.3) is 0 Å². The van der Waals surface area contributed by atoms with Crippen LogP contribution in [0, 0.1) is 5.82 Å². The summed E-state index contributed by atoms with van der Waals surface area (Å²) in [6.45, 7) is 1.74. The molecule has 0 bridgehead atoms. The molecular weight excluding hydrogens is 385 g/mol. The van der Waals surface area contributed by atoms with Crippen molar-refractivity contribution in [3.05, 3.63) is 65.7 Å². The summed E-state index contributed by atoms with van der Waals surface area (Å²) in [7, 11) is 0. The molecule has 158 valence electrons. The Kier molecular flexibility index (Phi) is 6.08. The predicted molar refractivity (Wildman–Crippen MR) is 109 cm³/mol. The molecule has 3 heterocycles. The summed E-state index contributed by atoms with van der Waals surface area (Å²) in [5, 5.41) is 2.90. The van der Waals surface area contributed by atoms with Crippen LogP contribution in [0.15, 0.2) is 48.7 Å². The fourth-order valence-electron chi connectivity index (χ4n) is 4.30. The van der Waals surface area contributed by atoms with Crippen LogP contribution in [0.3, 0.4) is 0 Å². The minimum atomic E-state index is -0.321. The number of likely N-dealkylation sites (tertiary alicyclic amines) is 1. The van der Waals surface area contributed by atoms with Crippen molar-refractivity contribution in [3.63, 3.8) is 0 Å². The fraction of sp³-hybridized carbons (Fsp3) is 0.435. The van der Waals surface area contributed by atoms with E-state index in [0.29, 0.717) is 30.9 Å². The van der Waals surface area contributed by atoms with Crippen molar-refractivity contribution >= 4 is 11.8 Å². The molecule has 2 aliphatic heterocycles. The monoisotopic (exact) mass is 411 g/mol. The maximum absolute atomic E-state index is 13.3. The number of aromatic nitrogens is 1. The minimum Gasteiger partial charge on any atom is -0.370 e. The molecule has 1 aromatic carbocycles. The standard InChI is InChI=1S/C23H26FN3O3/c24-18-5-3-4-17(14-18)15-21(28)27-12-9-23(10-13-27)8-7-19(30-23)16-26-22(29)20-6-1-2-11-25-20/h1-6,11,14,19H,7-10,12-13,15-16H2,(H,26,29). The Hall–Kier alpha value is -2.80. The first-order chi connectivity index (χ1) is 14.5. The van der Waals surface area contributed by atoms with E-state index in [-0.39, 0.29) is 35.8 Å². The van der Waals surface area contributed by atoms with Gasteiger partial charge in [-0.1, -0.05) is 18.2 Å². The Morgan fingerprint density at radius 1 is 1.17 bits per heavy atom. The number of hydrogen-bond donors (Lipinski definition) is 1. The smallest absolute Gasteiger partial charge is 0.269 e. The van der Waals surface area contributed by atoms with Crippen LogP contribution < -0.4 is 5.32 Å². The van der Waals surface area contributed by atoms with Crippen molar-refractivity contribution in [2.24, 2.45) is 0 Å². The van der Waals surface area contributed by atoms with Gasteiger partial charge in [0.05, 0.1) is 18.1 Å². The van der Waals surface area contributed by atoms with Crippen molar-refractivity contribution in [1.29, 1.82) is 0 Å². The van der Waals surface area contributed by atoms with Crippen molar-refractivity contribution < 1.29 is 18.7 Å². The molecule has 2 amide bonds. The highest BCUT2D eigenvalue weighted by atomic mass is 19.1. The second kappa shape index (κ2) is 8.92. The number of ether oxygens (including phenoxy) is 1. The number of nitrogens with one attached hydrogen (secondary N) is 1. The number of amides is 2. The van der Waals surface area contributed by atoms with E-state index in [4.69, 9.17) is 4.74 Å². The zero-order valence-corrected chi connectivity index (χ0v) is 16.9. The number of hydrogen-bond acceptors (Lipinski definition) is 4. The summed E-state index contributed by atoms with van der Waals surface area (Å²) in [6.07, 6.45) is 5.18. The lowest BCUT2D eigenvalue weighted by molar-refractivity contribution is -0.136. The van der Waals surface area contributed by atoms with Gasteiger partial charge in [0.15, 0.2) is 0 Å². The van der Waals surface area contributed by atoms with Crippen LogP contribution >= 0.6 is 0 Å². The highest BCUT2D eigenvalue weighted by Crippen LogP contribution is 2.38. The van der Waals surface area contributed by atoms with Gasteiger partial charge in [-0.05, 0) is 55.5 Å². The summed E-state index contributed by atoms with van der Waals surface area (Å²) in [5.41, 5.74) is 0.882. The van der Waals surface area contributed by atoms with Gasteiger partial charge in [-0.3, -0.25) is 14.6 Å². The molecule has 2 fully saturated rings. The van der Waals surface area contributed by atoms with E-state index >= 15 is 0 Å². The van der Waals surface area contributed by atoms with Gasteiger partial charge >= 0.3 is 0 Å². The number of piperidine rings is 1. The SMILES string of the molecule is O=C(NCC1CCC2(CCN(C(=O)Cc3cccc(F)c3)CC2)O1)c1ccccn1. The second-order valence-corrected chi connectivity index (χ2v) is 8.07. The van der Waals surface area contributed by atoms with Crippen LogP contribution in [-0.4, -0.2) is 53.0 Å². The molecule has 0 aliphatic carbocycles. The molecule has 7 heteroatoms. The Morgan fingerprint density at radius 2 is 2.00 bits per heavy atom. The first-order valence-electron chi connectivity index (χ1n) is 10.4. The third-order valence-corrected chi connectivity index (χ3v) is 6.00. The molecule has 4 rings (SSSR count). The molecule has 30 heavy (non-hydrogen) atoms. The number of carbonyl (C=O) groups excluding carboxylic acids is 2. The molecule has 6 nitrogen and oxygen atoms in total. The average molecular weight is 411 g/mol. The molecule has 1 atom stereocenters. The van der Waals surface area contributed by atoms with Crippen molar-refractivity contribution in [2.75, 3.05) is 19.6 Å². The zero-order valence-electron chi connectivity index (χ0n) is 16.9. The van der Waals surface area contributed by atoms with Gasteiger partial charge in [0.1, 0.15) is 11.5 Å². The first-order valence-corrected chi connectivity index (χ1v) is 10.4. The second-order valence-electron chi connectivity index (χ2n) is 8.07. The number of nitrogens with zero attached hydrogens (tertiary/aromatic N) is 2.